The van der Waals surface area contributed by atoms with Gasteiger partial charge in [0, 0.05) is 29.5 Å². The highest BCUT2D eigenvalue weighted by atomic mass is 19.1. The van der Waals surface area contributed by atoms with Crippen LogP contribution in [0.5, 0.6) is 17.2 Å². The van der Waals surface area contributed by atoms with Gasteiger partial charge in [-0.25, -0.2) is 9.37 Å². The van der Waals surface area contributed by atoms with Crippen molar-refractivity contribution in [1.82, 2.24) is 15.0 Å². The second kappa shape index (κ2) is 7.23. The summed E-state index contributed by atoms with van der Waals surface area (Å²) in [5.74, 6) is 0.762. The smallest absolute Gasteiger partial charge is 0.167 e. The minimum Gasteiger partial charge on any atom is -0.494 e. The summed E-state index contributed by atoms with van der Waals surface area (Å²) in [5.41, 5.74) is 3.73. The Labute approximate surface area is 161 Å². The summed E-state index contributed by atoms with van der Waals surface area (Å²) in [4.78, 5) is 13.3. The van der Waals surface area contributed by atoms with Crippen molar-refractivity contribution in [2.75, 3.05) is 7.11 Å². The predicted molar refractivity (Wildman–Crippen MR) is 105 cm³/mol. The normalized spacial score (nSPS) is 10.9. The van der Waals surface area contributed by atoms with Crippen LogP contribution in [0, 0.1) is 19.7 Å². The molecule has 0 radical (unpaired) electrons. The lowest BCUT2D eigenvalue weighted by atomic mass is 10.1. The Morgan fingerprint density at radius 2 is 1.75 bits per heavy atom. The fraction of sp³-hybridized carbons (Fsp3) is 0.136. The van der Waals surface area contributed by atoms with E-state index in [-0.39, 0.29) is 5.75 Å². The number of aromatic nitrogens is 3. The van der Waals surface area contributed by atoms with Crippen LogP contribution in [0.3, 0.4) is 0 Å². The third-order valence-electron chi connectivity index (χ3n) is 4.53. The van der Waals surface area contributed by atoms with E-state index in [1.807, 2.05) is 38.1 Å². The number of pyridine rings is 3. The number of nitrogens with zero attached hydrogens (tertiary/aromatic N) is 3. The Balaban J connectivity index is 1.87. The fourth-order valence-corrected chi connectivity index (χ4v) is 2.93. The molecular formula is C22H18FN3O2. The van der Waals surface area contributed by atoms with Gasteiger partial charge in [-0.1, -0.05) is 6.07 Å². The predicted octanol–water partition coefficient (Wildman–Crippen LogP) is 5.25. The first kappa shape index (κ1) is 17.9. The summed E-state index contributed by atoms with van der Waals surface area (Å²) in [6.45, 7) is 3.92. The van der Waals surface area contributed by atoms with Crippen LogP contribution in [0.1, 0.15) is 11.3 Å². The minimum atomic E-state index is -0.471. The van der Waals surface area contributed by atoms with Crippen molar-refractivity contribution < 1.29 is 13.9 Å². The van der Waals surface area contributed by atoms with Gasteiger partial charge in [-0.15, -0.1) is 0 Å². The zero-order valence-corrected chi connectivity index (χ0v) is 15.7. The molecule has 1 aromatic carbocycles. The van der Waals surface area contributed by atoms with Gasteiger partial charge in [-0.05, 0) is 49.7 Å². The van der Waals surface area contributed by atoms with Crippen molar-refractivity contribution in [2.45, 2.75) is 13.8 Å². The maximum atomic E-state index is 14.0. The zero-order chi connectivity index (χ0) is 19.7. The van der Waals surface area contributed by atoms with Gasteiger partial charge in [0.15, 0.2) is 17.3 Å². The molecule has 3 heterocycles. The molecular weight excluding hydrogens is 357 g/mol. The lowest BCUT2D eigenvalue weighted by molar-refractivity contribution is 0.387. The van der Waals surface area contributed by atoms with Crippen molar-refractivity contribution >= 4 is 10.9 Å². The Kier molecular flexibility index (Phi) is 4.61. The maximum absolute atomic E-state index is 14.0. The molecule has 0 N–H and O–H groups in total. The van der Waals surface area contributed by atoms with Crippen LogP contribution >= 0.6 is 0 Å². The van der Waals surface area contributed by atoms with Gasteiger partial charge in [0.05, 0.1) is 18.3 Å². The number of hydrogen-bond acceptors (Lipinski definition) is 5. The molecule has 0 aliphatic carbocycles. The molecule has 0 unspecified atom stereocenters. The molecule has 4 rings (SSSR count). The molecule has 0 spiro atoms. The second-order valence-corrected chi connectivity index (χ2v) is 6.37. The van der Waals surface area contributed by atoms with E-state index in [0.717, 1.165) is 11.3 Å². The highest BCUT2D eigenvalue weighted by Gasteiger charge is 2.16. The number of hydrogen-bond donors (Lipinski definition) is 0. The number of rotatable bonds is 4. The fourth-order valence-electron chi connectivity index (χ4n) is 2.93. The molecule has 0 amide bonds. The highest BCUT2D eigenvalue weighted by Crippen LogP contribution is 2.36. The Bertz CT molecular complexity index is 1160. The number of fused-ring (bicyclic) bond motifs is 1. The molecule has 0 bridgehead atoms. The number of methoxy groups -OCH3 is 1. The van der Waals surface area contributed by atoms with Gasteiger partial charge >= 0.3 is 0 Å². The molecule has 28 heavy (non-hydrogen) atoms. The molecule has 0 saturated carbocycles. The molecule has 140 valence electrons. The topological polar surface area (TPSA) is 57.1 Å². The number of benzene rings is 1. The first-order chi connectivity index (χ1) is 13.6. The van der Waals surface area contributed by atoms with E-state index < -0.39 is 5.82 Å². The molecule has 5 nitrogen and oxygen atoms in total. The first-order valence-electron chi connectivity index (χ1n) is 8.76. The Morgan fingerprint density at radius 1 is 0.893 bits per heavy atom. The number of aryl methyl sites for hydroxylation is 2. The standard InChI is InChI=1S/C22H18FN3O2/c1-13-10-21(22(26-14(13)2)17-6-4-5-8-24-17)28-19-7-9-25-18-12-16(23)20(27-3)11-15(18)19/h4-12H,1-3H3. The van der Waals surface area contributed by atoms with Crippen LogP contribution in [0.4, 0.5) is 4.39 Å². The van der Waals surface area contributed by atoms with Crippen molar-refractivity contribution in [2.24, 2.45) is 0 Å². The van der Waals surface area contributed by atoms with Crippen LogP contribution in [0.15, 0.2) is 54.9 Å². The van der Waals surface area contributed by atoms with Gasteiger partial charge in [-0.2, -0.15) is 0 Å². The number of ether oxygens (including phenoxy) is 2. The van der Waals surface area contributed by atoms with Crippen molar-refractivity contribution in [1.29, 1.82) is 0 Å². The monoisotopic (exact) mass is 375 g/mol. The lowest BCUT2D eigenvalue weighted by Gasteiger charge is -2.14. The first-order valence-corrected chi connectivity index (χ1v) is 8.76. The molecule has 4 aromatic rings. The third-order valence-corrected chi connectivity index (χ3v) is 4.53. The van der Waals surface area contributed by atoms with E-state index in [4.69, 9.17) is 9.47 Å². The number of halogens is 1. The summed E-state index contributed by atoms with van der Waals surface area (Å²) in [6.07, 6.45) is 3.30. The average Bonchev–Trinajstić information content (AvgIpc) is 2.71. The van der Waals surface area contributed by atoms with Gasteiger partial charge in [-0.3, -0.25) is 9.97 Å². The zero-order valence-electron chi connectivity index (χ0n) is 15.7. The van der Waals surface area contributed by atoms with Crippen LogP contribution in [-0.4, -0.2) is 22.1 Å². The molecule has 3 aromatic heterocycles. The van der Waals surface area contributed by atoms with Gasteiger partial charge < -0.3 is 9.47 Å². The van der Waals surface area contributed by atoms with Crippen LogP contribution < -0.4 is 9.47 Å². The Morgan fingerprint density at radius 3 is 2.50 bits per heavy atom. The average molecular weight is 375 g/mol. The molecule has 0 fully saturated rings. The molecule has 0 aliphatic rings. The van der Waals surface area contributed by atoms with Gasteiger partial charge in [0.1, 0.15) is 11.4 Å². The summed E-state index contributed by atoms with van der Waals surface area (Å²) in [7, 11) is 1.42. The molecule has 6 heteroatoms. The highest BCUT2D eigenvalue weighted by molar-refractivity contribution is 5.87. The van der Waals surface area contributed by atoms with Crippen LogP contribution in [-0.2, 0) is 0 Å². The summed E-state index contributed by atoms with van der Waals surface area (Å²) in [5, 5.41) is 0.644. The third kappa shape index (κ3) is 3.24. The maximum Gasteiger partial charge on any atom is 0.167 e. The van der Waals surface area contributed by atoms with Crippen molar-refractivity contribution in [3.8, 4) is 28.6 Å². The van der Waals surface area contributed by atoms with Gasteiger partial charge in [0.25, 0.3) is 0 Å². The minimum absolute atomic E-state index is 0.133. The van der Waals surface area contributed by atoms with Crippen LogP contribution in [0.25, 0.3) is 22.3 Å². The van der Waals surface area contributed by atoms with Crippen molar-refractivity contribution in [3.63, 3.8) is 0 Å². The summed E-state index contributed by atoms with van der Waals surface area (Å²) < 4.78 is 25.4. The van der Waals surface area contributed by atoms with E-state index >= 15 is 0 Å². The molecule has 0 saturated heterocycles. The van der Waals surface area contributed by atoms with E-state index in [2.05, 4.69) is 15.0 Å². The Hall–Kier alpha value is -3.54. The van der Waals surface area contributed by atoms with E-state index in [9.17, 15) is 4.39 Å². The van der Waals surface area contributed by atoms with E-state index in [1.54, 1.807) is 24.5 Å². The van der Waals surface area contributed by atoms with Crippen molar-refractivity contribution in [3.05, 3.63) is 71.9 Å². The molecule has 0 atom stereocenters. The van der Waals surface area contributed by atoms with E-state index in [0.29, 0.717) is 33.8 Å². The largest absolute Gasteiger partial charge is 0.494 e. The summed E-state index contributed by atoms with van der Waals surface area (Å²) >= 11 is 0. The quantitative estimate of drug-likeness (QED) is 0.488. The second-order valence-electron chi connectivity index (χ2n) is 6.37. The van der Waals surface area contributed by atoms with E-state index in [1.165, 1.54) is 13.2 Å². The summed E-state index contributed by atoms with van der Waals surface area (Å²) in [6, 6.07) is 12.2. The molecule has 0 aliphatic heterocycles. The SMILES string of the molecule is COc1cc2c(Oc3cc(C)c(C)nc3-c3ccccn3)ccnc2cc1F. The van der Waals surface area contributed by atoms with Gasteiger partial charge in [0.2, 0.25) is 0 Å². The lowest BCUT2D eigenvalue weighted by Crippen LogP contribution is -1.98. The van der Waals surface area contributed by atoms with Crippen LogP contribution in [0.2, 0.25) is 0 Å².